The molecule has 7 heteroatoms. The van der Waals surface area contributed by atoms with Crippen molar-refractivity contribution in [2.75, 3.05) is 12.8 Å². The molecular weight excluding hydrogens is 250 g/mol. The van der Waals surface area contributed by atoms with Crippen molar-refractivity contribution in [2.24, 2.45) is 5.92 Å². The number of halogens is 2. The minimum absolute atomic E-state index is 0.0999. The number of alkyl halides is 2. The summed E-state index contributed by atoms with van der Waals surface area (Å²) in [6, 6.07) is 0. The summed E-state index contributed by atoms with van der Waals surface area (Å²) in [7, 11) is 1.26. The molecule has 0 bridgehead atoms. The van der Waals surface area contributed by atoms with Crippen molar-refractivity contribution in [2.45, 2.75) is 25.2 Å². The molecule has 0 amide bonds. The lowest BCUT2D eigenvalue weighted by molar-refractivity contribution is -0.146. The molecule has 4 nitrogen and oxygen atoms in total. The van der Waals surface area contributed by atoms with Crippen LogP contribution in [0.2, 0.25) is 0 Å². The third kappa shape index (κ3) is 2.24. The Kier molecular flexibility index (Phi) is 3.03. The monoisotopic (exact) mass is 262 g/mol. The van der Waals surface area contributed by atoms with E-state index < -0.39 is 24.2 Å². The van der Waals surface area contributed by atoms with Crippen LogP contribution in [0.15, 0.2) is 0 Å². The standard InChI is InChI=1S/C10H12F2N2O2S/c1-16-8(15)5-2-3-10(11,12)7-6(4-5)17-9(13)14-7/h5H,2-4H2,1H3,(H2,13,14). The first-order valence-electron chi connectivity index (χ1n) is 5.15. The number of hydrogen-bond acceptors (Lipinski definition) is 5. The van der Waals surface area contributed by atoms with Crippen molar-refractivity contribution in [3.8, 4) is 0 Å². The summed E-state index contributed by atoms with van der Waals surface area (Å²) in [4.78, 5) is 15.5. The number of carbonyl (C=O) groups is 1. The van der Waals surface area contributed by atoms with E-state index >= 15 is 0 Å². The van der Waals surface area contributed by atoms with Crippen molar-refractivity contribution in [3.05, 3.63) is 10.6 Å². The number of anilines is 1. The number of aromatic nitrogens is 1. The molecule has 94 valence electrons. The number of hydrogen-bond donors (Lipinski definition) is 1. The second-order valence-corrected chi connectivity index (χ2v) is 5.11. The molecule has 1 heterocycles. The molecule has 1 aliphatic carbocycles. The van der Waals surface area contributed by atoms with E-state index in [9.17, 15) is 13.6 Å². The Morgan fingerprint density at radius 2 is 2.35 bits per heavy atom. The Balaban J connectivity index is 2.35. The van der Waals surface area contributed by atoms with Crippen molar-refractivity contribution in [1.29, 1.82) is 0 Å². The van der Waals surface area contributed by atoms with E-state index in [1.165, 1.54) is 7.11 Å². The van der Waals surface area contributed by atoms with E-state index in [-0.39, 0.29) is 23.7 Å². The molecule has 0 radical (unpaired) electrons. The predicted molar refractivity (Wildman–Crippen MR) is 58.9 cm³/mol. The number of ether oxygens (including phenoxy) is 1. The number of carbonyl (C=O) groups excluding carboxylic acids is 1. The number of nitrogens with zero attached hydrogens (tertiary/aromatic N) is 1. The van der Waals surface area contributed by atoms with Crippen LogP contribution in [-0.2, 0) is 21.9 Å². The highest BCUT2D eigenvalue weighted by Gasteiger charge is 2.42. The maximum Gasteiger partial charge on any atom is 0.309 e. The Morgan fingerprint density at radius 1 is 1.65 bits per heavy atom. The topological polar surface area (TPSA) is 65.2 Å². The number of thiazole rings is 1. The van der Waals surface area contributed by atoms with E-state index in [0.29, 0.717) is 4.88 Å². The van der Waals surface area contributed by atoms with Gasteiger partial charge in [-0.25, -0.2) is 4.98 Å². The van der Waals surface area contributed by atoms with Gasteiger partial charge in [0.1, 0.15) is 5.69 Å². The molecule has 1 unspecified atom stereocenters. The summed E-state index contributed by atoms with van der Waals surface area (Å²) in [5, 5.41) is 0.111. The number of fused-ring (bicyclic) bond motifs is 1. The summed E-state index contributed by atoms with van der Waals surface area (Å²) < 4.78 is 32.1. The second kappa shape index (κ2) is 4.21. The van der Waals surface area contributed by atoms with Gasteiger partial charge in [0.2, 0.25) is 0 Å². The lowest BCUT2D eigenvalue weighted by Gasteiger charge is -2.13. The van der Waals surface area contributed by atoms with Crippen molar-refractivity contribution in [1.82, 2.24) is 4.98 Å². The molecule has 0 spiro atoms. The first kappa shape index (κ1) is 12.2. The summed E-state index contributed by atoms with van der Waals surface area (Å²) >= 11 is 1.02. The van der Waals surface area contributed by atoms with Gasteiger partial charge in [-0.2, -0.15) is 8.78 Å². The first-order chi connectivity index (χ1) is 7.94. The van der Waals surface area contributed by atoms with Gasteiger partial charge >= 0.3 is 5.97 Å². The number of esters is 1. The van der Waals surface area contributed by atoms with Crippen molar-refractivity contribution in [3.63, 3.8) is 0 Å². The van der Waals surface area contributed by atoms with Gasteiger partial charge in [-0.1, -0.05) is 0 Å². The van der Waals surface area contributed by atoms with Crippen molar-refractivity contribution < 1.29 is 18.3 Å². The van der Waals surface area contributed by atoms with Crippen LogP contribution < -0.4 is 5.73 Å². The lowest BCUT2D eigenvalue weighted by atomic mass is 10.0. The van der Waals surface area contributed by atoms with Crippen LogP contribution in [0.1, 0.15) is 23.4 Å². The number of nitrogens with two attached hydrogens (primary N) is 1. The molecule has 1 aromatic heterocycles. The second-order valence-electron chi connectivity index (χ2n) is 3.99. The van der Waals surface area contributed by atoms with Gasteiger partial charge < -0.3 is 10.5 Å². The van der Waals surface area contributed by atoms with Crippen LogP contribution in [0.5, 0.6) is 0 Å². The van der Waals surface area contributed by atoms with Crippen LogP contribution in [0.25, 0.3) is 0 Å². The van der Waals surface area contributed by atoms with E-state index in [4.69, 9.17) is 5.73 Å². The molecule has 1 aromatic rings. The molecule has 1 atom stereocenters. The molecule has 0 aromatic carbocycles. The summed E-state index contributed by atoms with van der Waals surface area (Å²) in [5.74, 6) is -4.00. The Bertz CT molecular complexity index is 448. The largest absolute Gasteiger partial charge is 0.469 e. The minimum atomic E-state index is -3.01. The normalized spacial score (nSPS) is 22.6. The van der Waals surface area contributed by atoms with Gasteiger partial charge in [-0.3, -0.25) is 4.79 Å². The molecule has 0 saturated heterocycles. The molecule has 2 rings (SSSR count). The average Bonchev–Trinajstić information content (AvgIpc) is 2.60. The van der Waals surface area contributed by atoms with E-state index in [2.05, 4.69) is 9.72 Å². The third-order valence-corrected chi connectivity index (χ3v) is 3.74. The van der Waals surface area contributed by atoms with Crippen LogP contribution in [0.3, 0.4) is 0 Å². The number of rotatable bonds is 1. The summed E-state index contributed by atoms with van der Waals surface area (Å²) in [6.07, 6.45) is -0.0714. The highest BCUT2D eigenvalue weighted by Crippen LogP contribution is 2.42. The Morgan fingerprint density at radius 3 is 3.00 bits per heavy atom. The number of nitrogen functional groups attached to an aromatic ring is 1. The Labute approximate surface area is 101 Å². The van der Waals surface area contributed by atoms with E-state index in [1.807, 2.05) is 0 Å². The van der Waals surface area contributed by atoms with Gasteiger partial charge in [-0.05, 0) is 12.8 Å². The predicted octanol–water partition coefficient (Wildman–Crippen LogP) is 1.94. The SMILES string of the molecule is COC(=O)C1CCC(F)(F)c2nc(N)sc2C1. The smallest absolute Gasteiger partial charge is 0.309 e. The maximum absolute atomic E-state index is 13.7. The molecule has 2 N–H and O–H groups in total. The third-order valence-electron chi connectivity index (χ3n) is 2.83. The molecule has 0 aliphatic heterocycles. The van der Waals surface area contributed by atoms with Crippen LogP contribution in [0, 0.1) is 5.92 Å². The van der Waals surface area contributed by atoms with Crippen LogP contribution >= 0.6 is 11.3 Å². The van der Waals surface area contributed by atoms with Gasteiger partial charge in [0, 0.05) is 11.3 Å². The Hall–Kier alpha value is -1.24. The van der Waals surface area contributed by atoms with Crippen LogP contribution in [-0.4, -0.2) is 18.1 Å². The van der Waals surface area contributed by atoms with Gasteiger partial charge in [0.15, 0.2) is 5.13 Å². The summed E-state index contributed by atoms with van der Waals surface area (Å²) in [5.41, 5.74) is 5.17. The van der Waals surface area contributed by atoms with Gasteiger partial charge in [0.05, 0.1) is 13.0 Å². The van der Waals surface area contributed by atoms with Crippen LogP contribution in [0.4, 0.5) is 13.9 Å². The zero-order valence-electron chi connectivity index (χ0n) is 9.20. The molecule has 1 aliphatic rings. The summed E-state index contributed by atoms with van der Waals surface area (Å²) in [6.45, 7) is 0. The highest BCUT2D eigenvalue weighted by atomic mass is 32.1. The fourth-order valence-electron chi connectivity index (χ4n) is 1.96. The molecular formula is C10H12F2N2O2S. The van der Waals surface area contributed by atoms with Gasteiger partial charge in [0.25, 0.3) is 5.92 Å². The number of methoxy groups -OCH3 is 1. The first-order valence-corrected chi connectivity index (χ1v) is 5.97. The molecule has 17 heavy (non-hydrogen) atoms. The molecule has 0 fully saturated rings. The fraction of sp³-hybridized carbons (Fsp3) is 0.600. The molecule has 0 saturated carbocycles. The van der Waals surface area contributed by atoms with Gasteiger partial charge in [-0.15, -0.1) is 11.3 Å². The average molecular weight is 262 g/mol. The van der Waals surface area contributed by atoms with Crippen molar-refractivity contribution >= 4 is 22.4 Å². The van der Waals surface area contributed by atoms with E-state index in [1.54, 1.807) is 0 Å². The fourth-order valence-corrected chi connectivity index (χ4v) is 2.93. The highest BCUT2D eigenvalue weighted by molar-refractivity contribution is 7.15. The zero-order valence-corrected chi connectivity index (χ0v) is 10.0. The lowest BCUT2D eigenvalue weighted by Crippen LogP contribution is -2.18. The van der Waals surface area contributed by atoms with E-state index in [0.717, 1.165) is 11.3 Å². The maximum atomic E-state index is 13.7. The quantitative estimate of drug-likeness (QED) is 0.620. The minimum Gasteiger partial charge on any atom is -0.469 e. The zero-order chi connectivity index (χ0) is 12.6.